The van der Waals surface area contributed by atoms with Crippen molar-refractivity contribution in [2.45, 2.75) is 40.0 Å². The number of guanidine groups is 1. The van der Waals surface area contributed by atoms with E-state index in [9.17, 15) is 9.59 Å². The van der Waals surface area contributed by atoms with Crippen molar-refractivity contribution in [1.29, 1.82) is 0 Å². The smallest absolute Gasteiger partial charge is 0.227 e. The van der Waals surface area contributed by atoms with Crippen molar-refractivity contribution in [2.75, 3.05) is 31.5 Å². The van der Waals surface area contributed by atoms with Crippen molar-refractivity contribution in [2.24, 2.45) is 10.4 Å². The van der Waals surface area contributed by atoms with Gasteiger partial charge >= 0.3 is 0 Å². The summed E-state index contributed by atoms with van der Waals surface area (Å²) in [6, 6.07) is 7.87. The second-order valence-electron chi connectivity index (χ2n) is 7.36. The quantitative estimate of drug-likeness (QED) is 0.262. The largest absolute Gasteiger partial charge is 0.357 e. The van der Waals surface area contributed by atoms with Crippen LogP contribution in [0.15, 0.2) is 29.3 Å². The van der Waals surface area contributed by atoms with Gasteiger partial charge < -0.3 is 21.3 Å². The van der Waals surface area contributed by atoms with Crippen LogP contribution in [0.3, 0.4) is 0 Å². The summed E-state index contributed by atoms with van der Waals surface area (Å²) in [6.45, 7) is 9.95. The summed E-state index contributed by atoms with van der Waals surface area (Å²) in [5.74, 6) is 0.746. The second-order valence-corrected chi connectivity index (χ2v) is 7.36. The van der Waals surface area contributed by atoms with Crippen molar-refractivity contribution >= 4 is 47.4 Å². The van der Waals surface area contributed by atoms with Crippen molar-refractivity contribution in [1.82, 2.24) is 16.0 Å². The molecule has 28 heavy (non-hydrogen) atoms. The fourth-order valence-electron chi connectivity index (χ4n) is 2.99. The molecule has 0 saturated heterocycles. The molecule has 7 nitrogen and oxygen atoms in total. The monoisotopic (exact) mass is 501 g/mol. The summed E-state index contributed by atoms with van der Waals surface area (Å²) >= 11 is 0. The summed E-state index contributed by atoms with van der Waals surface area (Å²) < 4.78 is 0. The van der Waals surface area contributed by atoms with E-state index in [0.29, 0.717) is 32.0 Å². The molecule has 1 atom stereocenters. The zero-order chi connectivity index (χ0) is 19.9. The molecule has 1 aromatic carbocycles. The molecule has 1 heterocycles. The van der Waals surface area contributed by atoms with Crippen LogP contribution in [-0.2, 0) is 9.59 Å². The molecule has 0 aliphatic carbocycles. The number of nitrogens with one attached hydrogen (secondary N) is 4. The number of amides is 2. The van der Waals surface area contributed by atoms with Crippen LogP contribution in [0.25, 0.3) is 0 Å². The number of carbonyl (C=O) groups excluding carboxylic acids is 2. The molecule has 1 aliphatic rings. The molecule has 1 unspecified atom stereocenters. The molecule has 1 aliphatic heterocycles. The minimum absolute atomic E-state index is 0. The molecule has 0 spiro atoms. The predicted octanol–water partition coefficient (Wildman–Crippen LogP) is 2.45. The third-order valence-electron chi connectivity index (χ3n) is 4.55. The first-order valence-corrected chi connectivity index (χ1v) is 9.56. The number of aliphatic imine (C=N–C) groups is 1. The molecule has 0 radical (unpaired) electrons. The van der Waals surface area contributed by atoms with E-state index in [1.807, 2.05) is 52.0 Å². The lowest BCUT2D eigenvalue weighted by Gasteiger charge is -2.27. The number of halogens is 1. The maximum absolute atomic E-state index is 12.1. The van der Waals surface area contributed by atoms with Crippen LogP contribution in [0.2, 0.25) is 0 Å². The summed E-state index contributed by atoms with van der Waals surface area (Å²) in [6.07, 6.45) is 0.438. The minimum atomic E-state index is -0.588. The summed E-state index contributed by atoms with van der Waals surface area (Å²) in [5, 5.41) is 12.3. The molecular formula is C20H32IN5O2. The molecule has 4 N–H and O–H groups in total. The van der Waals surface area contributed by atoms with Crippen molar-refractivity contribution in [3.05, 3.63) is 29.8 Å². The molecule has 156 valence electrons. The van der Waals surface area contributed by atoms with Crippen LogP contribution in [-0.4, -0.2) is 44.0 Å². The number of carbonyl (C=O) groups is 2. The van der Waals surface area contributed by atoms with Crippen LogP contribution in [0.1, 0.15) is 45.6 Å². The number of benzene rings is 1. The Morgan fingerprint density at radius 2 is 1.86 bits per heavy atom. The standard InChI is InChI=1S/C20H31N5O2.HI/c1-5-21-18(27)20(3,4)13-24-19(22-6-2)23-12-14-11-17(26)25-16-10-8-7-9-15(14)16;/h7-10,14H,5-6,11-13H2,1-4H3,(H,21,27)(H,25,26)(H2,22,23,24);1H. The Morgan fingerprint density at radius 3 is 2.54 bits per heavy atom. The Labute approximate surface area is 184 Å². The van der Waals surface area contributed by atoms with Crippen molar-refractivity contribution < 1.29 is 9.59 Å². The first-order valence-electron chi connectivity index (χ1n) is 9.56. The van der Waals surface area contributed by atoms with E-state index in [-0.39, 0.29) is 41.7 Å². The number of fused-ring (bicyclic) bond motifs is 1. The van der Waals surface area contributed by atoms with Crippen LogP contribution < -0.4 is 21.3 Å². The Bertz CT molecular complexity index is 706. The molecule has 1 aromatic rings. The minimum Gasteiger partial charge on any atom is -0.357 e. The Morgan fingerprint density at radius 1 is 1.18 bits per heavy atom. The highest BCUT2D eigenvalue weighted by atomic mass is 127. The predicted molar refractivity (Wildman–Crippen MR) is 124 cm³/mol. The van der Waals surface area contributed by atoms with Crippen molar-refractivity contribution in [3.8, 4) is 0 Å². The van der Waals surface area contributed by atoms with Gasteiger partial charge in [-0.25, -0.2) is 0 Å². The summed E-state index contributed by atoms with van der Waals surface area (Å²) in [7, 11) is 0. The number of hydrogen-bond donors (Lipinski definition) is 4. The van der Waals surface area contributed by atoms with E-state index in [1.165, 1.54) is 0 Å². The SMILES string of the molecule is CCNC(=O)C(C)(C)CN=C(NCC)NCC1CC(=O)Nc2ccccc21.I. The average Bonchev–Trinajstić information content (AvgIpc) is 2.63. The number of hydrogen-bond acceptors (Lipinski definition) is 3. The highest BCUT2D eigenvalue weighted by Crippen LogP contribution is 2.31. The van der Waals surface area contributed by atoms with E-state index in [1.54, 1.807) is 0 Å². The van der Waals surface area contributed by atoms with Gasteiger partial charge in [0.05, 0.1) is 12.0 Å². The Kier molecular flexibility index (Phi) is 9.71. The third kappa shape index (κ3) is 6.65. The van der Waals surface area contributed by atoms with Gasteiger partial charge in [0.15, 0.2) is 5.96 Å². The first kappa shape index (κ1) is 24.2. The fourth-order valence-corrected chi connectivity index (χ4v) is 2.99. The number of nitrogens with zero attached hydrogens (tertiary/aromatic N) is 1. The zero-order valence-corrected chi connectivity index (χ0v) is 19.4. The molecule has 2 rings (SSSR count). The maximum atomic E-state index is 12.1. The fraction of sp³-hybridized carbons (Fsp3) is 0.550. The number of para-hydroxylation sites is 1. The first-order chi connectivity index (χ1) is 12.9. The van der Waals surface area contributed by atoms with E-state index >= 15 is 0 Å². The molecule has 0 saturated carbocycles. The topological polar surface area (TPSA) is 94.6 Å². The van der Waals surface area contributed by atoms with Gasteiger partial charge in [-0.2, -0.15) is 0 Å². The lowest BCUT2D eigenvalue weighted by atomic mass is 9.90. The van der Waals surface area contributed by atoms with Crippen LogP contribution >= 0.6 is 24.0 Å². The van der Waals surface area contributed by atoms with Gasteiger partial charge in [-0.05, 0) is 39.3 Å². The lowest BCUT2D eigenvalue weighted by molar-refractivity contribution is -0.128. The Balaban J connectivity index is 0.00000392. The molecule has 2 amide bonds. The van der Waals surface area contributed by atoms with Crippen LogP contribution in [0.5, 0.6) is 0 Å². The molecular weight excluding hydrogens is 469 g/mol. The second kappa shape index (κ2) is 11.2. The van der Waals surface area contributed by atoms with E-state index in [4.69, 9.17) is 0 Å². The van der Waals surface area contributed by atoms with Crippen LogP contribution in [0.4, 0.5) is 5.69 Å². The van der Waals surface area contributed by atoms with Gasteiger partial charge in [0.2, 0.25) is 11.8 Å². The average molecular weight is 501 g/mol. The van der Waals surface area contributed by atoms with Gasteiger partial charge in [0.25, 0.3) is 0 Å². The highest BCUT2D eigenvalue weighted by Gasteiger charge is 2.27. The van der Waals surface area contributed by atoms with Crippen molar-refractivity contribution in [3.63, 3.8) is 0 Å². The number of rotatable bonds is 7. The van der Waals surface area contributed by atoms with Gasteiger partial charge in [-0.1, -0.05) is 18.2 Å². The third-order valence-corrected chi connectivity index (χ3v) is 4.55. The maximum Gasteiger partial charge on any atom is 0.227 e. The molecule has 0 bridgehead atoms. The van der Waals surface area contributed by atoms with E-state index < -0.39 is 5.41 Å². The lowest BCUT2D eigenvalue weighted by Crippen LogP contribution is -2.43. The van der Waals surface area contributed by atoms with E-state index in [2.05, 4.69) is 26.3 Å². The van der Waals surface area contributed by atoms with E-state index in [0.717, 1.165) is 17.8 Å². The van der Waals surface area contributed by atoms with Gasteiger partial charge in [-0.3, -0.25) is 14.6 Å². The Hall–Kier alpha value is -1.84. The summed E-state index contributed by atoms with van der Waals surface area (Å²) in [5.41, 5.74) is 1.42. The highest BCUT2D eigenvalue weighted by molar-refractivity contribution is 14.0. The normalized spacial score (nSPS) is 16.4. The van der Waals surface area contributed by atoms with Gasteiger partial charge in [-0.15, -0.1) is 24.0 Å². The molecule has 0 aromatic heterocycles. The zero-order valence-electron chi connectivity index (χ0n) is 17.1. The van der Waals surface area contributed by atoms with Gasteiger partial charge in [0, 0.05) is 37.7 Å². The van der Waals surface area contributed by atoms with Crippen LogP contribution in [0, 0.1) is 5.41 Å². The number of anilines is 1. The molecule has 8 heteroatoms. The van der Waals surface area contributed by atoms with Gasteiger partial charge in [0.1, 0.15) is 0 Å². The summed E-state index contributed by atoms with van der Waals surface area (Å²) in [4.78, 5) is 28.7. The molecule has 0 fully saturated rings.